The maximum Gasteiger partial charge on any atom is 0.236 e. The summed E-state index contributed by atoms with van der Waals surface area (Å²) in [7, 11) is 0. The highest BCUT2D eigenvalue weighted by Crippen LogP contribution is 2.13. The molecule has 7 nitrogen and oxygen atoms in total. The summed E-state index contributed by atoms with van der Waals surface area (Å²) in [6.45, 7) is 6.64. The summed E-state index contributed by atoms with van der Waals surface area (Å²) in [6.07, 6.45) is 3.50. The number of morpholine rings is 1. The van der Waals surface area contributed by atoms with Crippen LogP contribution in [-0.4, -0.2) is 84.7 Å². The molecule has 0 atom stereocenters. The van der Waals surface area contributed by atoms with Crippen molar-refractivity contribution < 1.29 is 9.53 Å². The zero-order valence-electron chi connectivity index (χ0n) is 12.4. The second-order valence-corrected chi connectivity index (χ2v) is 6.37. The Morgan fingerprint density at radius 2 is 1.73 bits per heavy atom. The van der Waals surface area contributed by atoms with E-state index in [0.29, 0.717) is 6.54 Å². The summed E-state index contributed by atoms with van der Waals surface area (Å²) in [6, 6.07) is 0. The summed E-state index contributed by atoms with van der Waals surface area (Å²) in [4.78, 5) is 27.2. The zero-order valence-corrected chi connectivity index (χ0v) is 14.0. The van der Waals surface area contributed by atoms with E-state index in [1.807, 2.05) is 4.90 Å². The van der Waals surface area contributed by atoms with E-state index in [2.05, 4.69) is 35.7 Å². The predicted molar refractivity (Wildman–Crippen MR) is 85.8 cm³/mol. The topological polar surface area (TPSA) is 61.8 Å². The average Bonchev–Trinajstić information content (AvgIpc) is 2.57. The van der Waals surface area contributed by atoms with Crippen LogP contribution in [0.25, 0.3) is 0 Å². The molecule has 3 heterocycles. The van der Waals surface area contributed by atoms with Crippen LogP contribution in [0, 0.1) is 0 Å². The van der Waals surface area contributed by atoms with Crippen LogP contribution in [0.4, 0.5) is 5.95 Å². The van der Waals surface area contributed by atoms with Gasteiger partial charge < -0.3 is 14.5 Å². The van der Waals surface area contributed by atoms with Gasteiger partial charge in [0.2, 0.25) is 11.9 Å². The molecule has 22 heavy (non-hydrogen) atoms. The molecule has 2 aliphatic rings. The standard InChI is InChI=1S/C14H20BrN5O2/c15-12-9-16-14(17-10-12)20-3-1-19(2-4-20)13(21)11-18-5-7-22-8-6-18/h9-10H,1-8,11H2. The van der Waals surface area contributed by atoms with Crippen molar-refractivity contribution >= 4 is 27.8 Å². The highest BCUT2D eigenvalue weighted by Gasteiger charge is 2.24. The highest BCUT2D eigenvalue weighted by molar-refractivity contribution is 9.10. The molecule has 0 saturated carbocycles. The highest BCUT2D eigenvalue weighted by atomic mass is 79.9. The van der Waals surface area contributed by atoms with Crippen LogP contribution >= 0.6 is 15.9 Å². The lowest BCUT2D eigenvalue weighted by molar-refractivity contribution is -0.133. The molecule has 2 saturated heterocycles. The van der Waals surface area contributed by atoms with Crippen molar-refractivity contribution in [3.05, 3.63) is 16.9 Å². The van der Waals surface area contributed by atoms with Gasteiger partial charge in [0.1, 0.15) is 0 Å². The lowest BCUT2D eigenvalue weighted by Gasteiger charge is -2.36. The van der Waals surface area contributed by atoms with Crippen LogP contribution in [0.15, 0.2) is 16.9 Å². The van der Waals surface area contributed by atoms with Gasteiger partial charge in [-0.25, -0.2) is 9.97 Å². The molecule has 0 aliphatic carbocycles. The number of carbonyl (C=O) groups is 1. The number of rotatable bonds is 3. The maximum atomic E-state index is 12.3. The molecule has 0 bridgehead atoms. The van der Waals surface area contributed by atoms with Gasteiger partial charge in [0.25, 0.3) is 0 Å². The Labute approximate surface area is 138 Å². The molecule has 3 rings (SSSR count). The van der Waals surface area contributed by atoms with E-state index in [9.17, 15) is 4.79 Å². The molecular weight excluding hydrogens is 350 g/mol. The van der Waals surface area contributed by atoms with E-state index in [1.165, 1.54) is 0 Å². The van der Waals surface area contributed by atoms with Crippen molar-refractivity contribution in [2.24, 2.45) is 0 Å². The molecule has 0 spiro atoms. The molecule has 120 valence electrons. The van der Waals surface area contributed by atoms with Crippen molar-refractivity contribution in [1.29, 1.82) is 0 Å². The second-order valence-electron chi connectivity index (χ2n) is 5.46. The monoisotopic (exact) mass is 369 g/mol. The third-order valence-corrected chi connectivity index (χ3v) is 4.39. The molecule has 8 heteroatoms. The first-order valence-electron chi connectivity index (χ1n) is 7.53. The van der Waals surface area contributed by atoms with E-state index in [4.69, 9.17) is 4.74 Å². The van der Waals surface area contributed by atoms with Gasteiger partial charge in [0, 0.05) is 51.7 Å². The quantitative estimate of drug-likeness (QED) is 0.759. The Kier molecular flexibility index (Phi) is 5.22. The molecule has 0 unspecified atom stereocenters. The SMILES string of the molecule is O=C(CN1CCOCC1)N1CCN(c2ncc(Br)cn2)CC1. The lowest BCUT2D eigenvalue weighted by atomic mass is 10.3. The summed E-state index contributed by atoms with van der Waals surface area (Å²) >= 11 is 3.34. The largest absolute Gasteiger partial charge is 0.379 e. The minimum Gasteiger partial charge on any atom is -0.379 e. The molecule has 0 aromatic carbocycles. The minimum atomic E-state index is 0.207. The fourth-order valence-corrected chi connectivity index (χ4v) is 2.88. The number of nitrogens with zero attached hydrogens (tertiary/aromatic N) is 5. The number of hydrogen-bond acceptors (Lipinski definition) is 6. The second kappa shape index (κ2) is 7.34. The van der Waals surface area contributed by atoms with E-state index in [0.717, 1.165) is 62.9 Å². The van der Waals surface area contributed by atoms with Gasteiger partial charge in [-0.1, -0.05) is 0 Å². The Hall–Kier alpha value is -1.25. The normalized spacial score (nSPS) is 20.2. The van der Waals surface area contributed by atoms with Crippen LogP contribution in [0.5, 0.6) is 0 Å². The van der Waals surface area contributed by atoms with Crippen molar-refractivity contribution in [2.45, 2.75) is 0 Å². The Bertz CT molecular complexity index is 498. The van der Waals surface area contributed by atoms with Gasteiger partial charge in [0.15, 0.2) is 0 Å². The summed E-state index contributed by atoms with van der Waals surface area (Å²) in [5.74, 6) is 0.932. The summed E-state index contributed by atoms with van der Waals surface area (Å²) < 4.78 is 6.18. The number of halogens is 1. The van der Waals surface area contributed by atoms with Gasteiger partial charge in [0.05, 0.1) is 24.2 Å². The van der Waals surface area contributed by atoms with E-state index in [1.54, 1.807) is 12.4 Å². The van der Waals surface area contributed by atoms with Crippen molar-refractivity contribution in [3.8, 4) is 0 Å². The van der Waals surface area contributed by atoms with Crippen LogP contribution < -0.4 is 4.90 Å². The Balaban J connectivity index is 1.48. The molecule has 0 radical (unpaired) electrons. The number of anilines is 1. The van der Waals surface area contributed by atoms with Crippen molar-refractivity contribution in [2.75, 3.05) is 63.9 Å². The van der Waals surface area contributed by atoms with Gasteiger partial charge in [-0.15, -0.1) is 0 Å². The molecular formula is C14H20BrN5O2. The predicted octanol–water partition coefficient (Wildman–Crippen LogP) is 0.220. The summed E-state index contributed by atoms with van der Waals surface area (Å²) in [5.41, 5.74) is 0. The van der Waals surface area contributed by atoms with Crippen molar-refractivity contribution in [3.63, 3.8) is 0 Å². The van der Waals surface area contributed by atoms with E-state index < -0.39 is 0 Å². The first kappa shape index (κ1) is 15.6. The molecule has 2 aliphatic heterocycles. The first-order valence-corrected chi connectivity index (χ1v) is 8.32. The van der Waals surface area contributed by atoms with Crippen LogP contribution in [0.1, 0.15) is 0 Å². The van der Waals surface area contributed by atoms with Gasteiger partial charge >= 0.3 is 0 Å². The van der Waals surface area contributed by atoms with Crippen LogP contribution in [-0.2, 0) is 9.53 Å². The van der Waals surface area contributed by atoms with Gasteiger partial charge in [-0.05, 0) is 15.9 Å². The third-order valence-electron chi connectivity index (χ3n) is 3.98. The minimum absolute atomic E-state index is 0.207. The molecule has 1 aromatic heterocycles. The molecule has 1 aromatic rings. The van der Waals surface area contributed by atoms with Crippen LogP contribution in [0.2, 0.25) is 0 Å². The number of ether oxygens (including phenoxy) is 1. The number of aromatic nitrogens is 2. The van der Waals surface area contributed by atoms with Gasteiger partial charge in [-0.3, -0.25) is 9.69 Å². The van der Waals surface area contributed by atoms with Gasteiger partial charge in [-0.2, -0.15) is 0 Å². The Morgan fingerprint density at radius 3 is 2.36 bits per heavy atom. The van der Waals surface area contributed by atoms with E-state index >= 15 is 0 Å². The summed E-state index contributed by atoms with van der Waals surface area (Å²) in [5, 5.41) is 0. The third kappa shape index (κ3) is 3.93. The Morgan fingerprint density at radius 1 is 1.09 bits per heavy atom. The fourth-order valence-electron chi connectivity index (χ4n) is 2.68. The zero-order chi connectivity index (χ0) is 15.4. The average molecular weight is 370 g/mol. The molecule has 1 amide bonds. The van der Waals surface area contributed by atoms with E-state index in [-0.39, 0.29) is 5.91 Å². The smallest absolute Gasteiger partial charge is 0.236 e. The maximum absolute atomic E-state index is 12.3. The number of piperazine rings is 1. The molecule has 2 fully saturated rings. The number of amides is 1. The van der Waals surface area contributed by atoms with Crippen molar-refractivity contribution in [1.82, 2.24) is 19.8 Å². The number of carbonyl (C=O) groups excluding carboxylic acids is 1. The first-order chi connectivity index (χ1) is 10.7. The number of hydrogen-bond donors (Lipinski definition) is 0. The van der Waals surface area contributed by atoms with Crippen LogP contribution in [0.3, 0.4) is 0 Å². The molecule has 0 N–H and O–H groups in total. The lowest BCUT2D eigenvalue weighted by Crippen LogP contribution is -2.52. The fraction of sp³-hybridized carbons (Fsp3) is 0.643.